The maximum atomic E-state index is 12.0. The third-order valence-corrected chi connectivity index (χ3v) is 5.69. The van der Waals surface area contributed by atoms with Gasteiger partial charge in [0.1, 0.15) is 15.0 Å². The quantitative estimate of drug-likeness (QED) is 0.137. The van der Waals surface area contributed by atoms with E-state index in [1.807, 2.05) is 0 Å². The Kier molecular flexibility index (Phi) is 10.6. The molecule has 136 valence electrons. The predicted molar refractivity (Wildman–Crippen MR) is 84.1 cm³/mol. The van der Waals surface area contributed by atoms with Crippen LogP contribution in [0.2, 0.25) is 0 Å². The van der Waals surface area contributed by atoms with Crippen molar-refractivity contribution < 1.29 is 64.7 Å². The van der Waals surface area contributed by atoms with E-state index in [9.17, 15) is 31.0 Å². The molecule has 0 fully saturated rings. The van der Waals surface area contributed by atoms with Gasteiger partial charge in [-0.05, 0) is 18.6 Å². The summed E-state index contributed by atoms with van der Waals surface area (Å²) < 4.78 is 62.1. The Balaban J connectivity index is 0.00000576. The van der Waals surface area contributed by atoms with E-state index in [-0.39, 0.29) is 36.2 Å². The second kappa shape index (κ2) is 10.7. The molecule has 0 amide bonds. The average Bonchev–Trinajstić information content (AvgIpc) is 2.47. The van der Waals surface area contributed by atoms with Gasteiger partial charge in [0.05, 0.1) is 6.61 Å². The van der Waals surface area contributed by atoms with Crippen LogP contribution in [-0.2, 0) is 34.0 Å². The standard InChI is InChI=1S/C14H20O8S2.Na/c1-2-3-4-5-6-7-10-22-24(20,21)14-12(16)9-8-11(15)13(14)23(17,18)19;/h8-9H,2-7,10H2,1H3,(H,17,18,19);/q;+1/p-1. The van der Waals surface area contributed by atoms with Gasteiger partial charge >= 0.3 is 39.7 Å². The van der Waals surface area contributed by atoms with Crippen LogP contribution < -0.4 is 29.6 Å². The SMILES string of the molecule is CCCCCCCCOS(=O)(=O)C1=C(S(=O)(=O)[O-])C(=O)C=CC1=O.[Na+]. The van der Waals surface area contributed by atoms with Gasteiger partial charge in [-0.25, -0.2) is 8.42 Å². The van der Waals surface area contributed by atoms with Gasteiger partial charge in [-0.3, -0.25) is 13.8 Å². The monoisotopic (exact) mass is 402 g/mol. The molecule has 0 N–H and O–H groups in total. The van der Waals surface area contributed by atoms with Crippen molar-refractivity contribution in [1.82, 2.24) is 0 Å². The van der Waals surface area contributed by atoms with Gasteiger partial charge in [-0.15, -0.1) is 0 Å². The fraction of sp³-hybridized carbons (Fsp3) is 0.571. The van der Waals surface area contributed by atoms with E-state index in [0.717, 1.165) is 25.7 Å². The van der Waals surface area contributed by atoms with Crippen molar-refractivity contribution >= 4 is 31.8 Å². The number of hydrogen-bond acceptors (Lipinski definition) is 8. The number of hydrogen-bond donors (Lipinski definition) is 0. The average molecular weight is 402 g/mol. The third-order valence-electron chi connectivity index (χ3n) is 3.28. The molecule has 0 aromatic rings. The normalized spacial score (nSPS) is 15.4. The van der Waals surface area contributed by atoms with E-state index < -0.39 is 41.6 Å². The maximum Gasteiger partial charge on any atom is 1.00 e. The fourth-order valence-electron chi connectivity index (χ4n) is 2.11. The molecule has 0 aliphatic heterocycles. The van der Waals surface area contributed by atoms with E-state index in [1.54, 1.807) is 0 Å². The first-order valence-corrected chi connectivity index (χ1v) is 10.3. The number of allylic oxidation sites excluding steroid dienone is 4. The fourth-order valence-corrected chi connectivity index (χ4v) is 4.46. The zero-order chi connectivity index (χ0) is 18.4. The van der Waals surface area contributed by atoms with Crippen molar-refractivity contribution in [1.29, 1.82) is 0 Å². The summed E-state index contributed by atoms with van der Waals surface area (Å²) >= 11 is 0. The molecule has 1 aliphatic carbocycles. The van der Waals surface area contributed by atoms with Crippen LogP contribution in [-0.4, -0.2) is 39.6 Å². The van der Waals surface area contributed by atoms with E-state index in [4.69, 9.17) is 0 Å². The minimum Gasteiger partial charge on any atom is -0.744 e. The summed E-state index contributed by atoms with van der Waals surface area (Å²) in [6.45, 7) is 1.79. The van der Waals surface area contributed by atoms with Crippen molar-refractivity contribution in [2.75, 3.05) is 6.61 Å². The molecule has 11 heteroatoms. The number of carbonyl (C=O) groups is 2. The van der Waals surface area contributed by atoms with Crippen LogP contribution in [0.5, 0.6) is 0 Å². The molecular formula is C14H19NaO8S2. The molecule has 0 saturated heterocycles. The van der Waals surface area contributed by atoms with Crippen LogP contribution in [0.15, 0.2) is 22.0 Å². The summed E-state index contributed by atoms with van der Waals surface area (Å²) in [5.41, 5.74) is 0. The second-order valence-electron chi connectivity index (χ2n) is 5.22. The van der Waals surface area contributed by atoms with Crippen molar-refractivity contribution in [3.63, 3.8) is 0 Å². The van der Waals surface area contributed by atoms with Crippen LogP contribution >= 0.6 is 0 Å². The molecule has 0 aromatic heterocycles. The topological polar surface area (TPSA) is 135 Å². The molecule has 0 saturated carbocycles. The Hall–Kier alpha value is -0.360. The van der Waals surface area contributed by atoms with Crippen LogP contribution in [0.3, 0.4) is 0 Å². The van der Waals surface area contributed by atoms with Crippen LogP contribution in [0.1, 0.15) is 45.4 Å². The summed E-state index contributed by atoms with van der Waals surface area (Å²) in [6.07, 6.45) is 6.25. The Labute approximate surface area is 169 Å². The van der Waals surface area contributed by atoms with Crippen LogP contribution in [0.25, 0.3) is 0 Å². The first kappa shape index (κ1) is 24.6. The van der Waals surface area contributed by atoms with E-state index >= 15 is 0 Å². The predicted octanol–water partition coefficient (Wildman–Crippen LogP) is -1.84. The molecule has 25 heavy (non-hydrogen) atoms. The molecule has 0 radical (unpaired) electrons. The summed E-state index contributed by atoms with van der Waals surface area (Å²) in [5.74, 6) is -2.63. The third kappa shape index (κ3) is 7.41. The Morgan fingerprint density at radius 1 is 0.880 bits per heavy atom. The molecule has 0 heterocycles. The minimum absolute atomic E-state index is 0. The van der Waals surface area contributed by atoms with Gasteiger partial charge in [0.15, 0.2) is 10.7 Å². The zero-order valence-corrected chi connectivity index (χ0v) is 17.8. The van der Waals surface area contributed by atoms with Gasteiger partial charge in [0.2, 0.25) is 5.78 Å². The van der Waals surface area contributed by atoms with Crippen molar-refractivity contribution in [2.45, 2.75) is 45.4 Å². The van der Waals surface area contributed by atoms with Gasteiger partial charge in [0.25, 0.3) is 0 Å². The number of ketones is 2. The van der Waals surface area contributed by atoms with Gasteiger partial charge in [-0.2, -0.15) is 8.42 Å². The zero-order valence-electron chi connectivity index (χ0n) is 14.2. The van der Waals surface area contributed by atoms with Crippen molar-refractivity contribution in [3.05, 3.63) is 22.0 Å². The smallest absolute Gasteiger partial charge is 0.744 e. The molecule has 0 unspecified atom stereocenters. The van der Waals surface area contributed by atoms with Crippen LogP contribution in [0, 0.1) is 0 Å². The van der Waals surface area contributed by atoms with Crippen molar-refractivity contribution in [3.8, 4) is 0 Å². The molecule has 0 aromatic carbocycles. The Morgan fingerprint density at radius 2 is 1.36 bits per heavy atom. The summed E-state index contributed by atoms with van der Waals surface area (Å²) in [5, 5.41) is 0. The van der Waals surface area contributed by atoms with Crippen molar-refractivity contribution in [2.24, 2.45) is 0 Å². The molecule has 8 nitrogen and oxygen atoms in total. The van der Waals surface area contributed by atoms with Gasteiger partial charge < -0.3 is 4.55 Å². The number of rotatable bonds is 10. The number of unbranched alkanes of at least 4 members (excludes halogenated alkanes) is 5. The van der Waals surface area contributed by atoms with Crippen LogP contribution in [0.4, 0.5) is 0 Å². The molecular weight excluding hydrogens is 383 g/mol. The van der Waals surface area contributed by atoms with E-state index in [1.165, 1.54) is 0 Å². The van der Waals surface area contributed by atoms with E-state index in [2.05, 4.69) is 11.1 Å². The first-order chi connectivity index (χ1) is 11.1. The Morgan fingerprint density at radius 3 is 1.88 bits per heavy atom. The summed E-state index contributed by atoms with van der Waals surface area (Å²) in [4.78, 5) is 20.2. The molecule has 0 atom stereocenters. The molecule has 1 rings (SSSR count). The Bertz CT molecular complexity index is 763. The summed E-state index contributed by atoms with van der Waals surface area (Å²) in [6, 6.07) is 0. The maximum absolute atomic E-state index is 12.0. The molecule has 1 aliphatic rings. The van der Waals surface area contributed by atoms with Gasteiger partial charge in [-0.1, -0.05) is 39.0 Å². The second-order valence-corrected chi connectivity index (χ2v) is 8.09. The number of carbonyl (C=O) groups excluding carboxylic acids is 2. The molecule has 0 bridgehead atoms. The van der Waals surface area contributed by atoms with Gasteiger partial charge in [0, 0.05) is 0 Å². The largest absolute Gasteiger partial charge is 1.00 e. The first-order valence-electron chi connectivity index (χ1n) is 7.47. The van der Waals surface area contributed by atoms with E-state index in [0.29, 0.717) is 25.0 Å². The molecule has 0 spiro atoms. The summed E-state index contributed by atoms with van der Waals surface area (Å²) in [7, 11) is -10.3. The minimum atomic E-state index is -5.44.